The summed E-state index contributed by atoms with van der Waals surface area (Å²) < 4.78 is 0. The van der Waals surface area contributed by atoms with Gasteiger partial charge in [0.2, 0.25) is 0 Å². The van der Waals surface area contributed by atoms with Gasteiger partial charge in [0.05, 0.1) is 5.41 Å². The van der Waals surface area contributed by atoms with Crippen LogP contribution in [0.25, 0.3) is 0 Å². The molecule has 5 nitrogen and oxygen atoms in total. The lowest BCUT2D eigenvalue weighted by Crippen LogP contribution is -2.62. The topological polar surface area (TPSA) is 98.0 Å². The molecule has 0 radical (unpaired) electrons. The molecule has 0 heterocycles. The molecule has 10 atom stereocenters. The molecule has 4 saturated carbocycles. The van der Waals surface area contributed by atoms with Crippen molar-refractivity contribution in [3.8, 4) is 0 Å². The van der Waals surface area contributed by atoms with Crippen LogP contribution in [0.1, 0.15) is 106 Å². The molecule has 4 N–H and O–H groups in total. The van der Waals surface area contributed by atoms with Crippen LogP contribution in [-0.2, 0) is 4.79 Å². The van der Waals surface area contributed by atoms with Crippen molar-refractivity contribution in [1.82, 2.24) is 0 Å². The van der Waals surface area contributed by atoms with Gasteiger partial charge in [0.25, 0.3) is 0 Å². The molecule has 5 rings (SSSR count). The van der Waals surface area contributed by atoms with Crippen LogP contribution >= 0.6 is 0 Å². The minimum absolute atomic E-state index is 0.0960. The Bertz CT molecular complexity index is 1010. The van der Waals surface area contributed by atoms with Crippen LogP contribution in [0.4, 0.5) is 0 Å². The first kappa shape index (κ1) is 27.1. The third-order valence-electron chi connectivity index (χ3n) is 13.1. The molecule has 0 aromatic carbocycles. The van der Waals surface area contributed by atoms with E-state index in [1.54, 1.807) is 0 Å². The summed E-state index contributed by atoms with van der Waals surface area (Å²) in [6, 6.07) is 0. The maximum Gasteiger partial charge on any atom is 0.310 e. The molecule has 0 spiro atoms. The average molecular weight is 515 g/mol. The fraction of sp³-hybridized carbons (Fsp3) is 0.844. The van der Waals surface area contributed by atoms with Gasteiger partial charge in [-0.2, -0.15) is 0 Å². The van der Waals surface area contributed by atoms with Gasteiger partial charge in [-0.05, 0) is 123 Å². The molecule has 5 aliphatic carbocycles. The SMILES string of the molecule is C/C(O)=C(/O)C(O)C1CCC2(C)C(CCC3(C)C4CCC5(C(=O)O)CCC(C)CC5C4=CCC32)C1(C)C. The Kier molecular flexibility index (Phi) is 6.41. The number of aliphatic carboxylic acids is 1. The number of carboxylic acid groups (broad SMARTS) is 1. The largest absolute Gasteiger partial charge is 0.509 e. The van der Waals surface area contributed by atoms with Crippen molar-refractivity contribution < 1.29 is 25.2 Å². The molecule has 10 unspecified atom stereocenters. The number of fused-ring (bicyclic) bond motifs is 7. The Hall–Kier alpha value is -1.49. The fourth-order valence-corrected chi connectivity index (χ4v) is 11.1. The quantitative estimate of drug-likeness (QED) is 0.232. The second-order valence-electron chi connectivity index (χ2n) is 15.0. The normalized spacial score (nSPS) is 48.2. The van der Waals surface area contributed by atoms with Gasteiger partial charge in [-0.1, -0.05) is 46.3 Å². The Morgan fingerprint density at radius 3 is 2.19 bits per heavy atom. The van der Waals surface area contributed by atoms with E-state index in [2.05, 4.69) is 40.7 Å². The van der Waals surface area contributed by atoms with E-state index in [0.29, 0.717) is 23.7 Å². The zero-order chi connectivity index (χ0) is 27.1. The second-order valence-corrected chi connectivity index (χ2v) is 15.0. The Balaban J connectivity index is 1.49. The van der Waals surface area contributed by atoms with Crippen molar-refractivity contribution in [3.63, 3.8) is 0 Å². The van der Waals surface area contributed by atoms with Crippen molar-refractivity contribution in [2.24, 2.45) is 57.2 Å². The van der Waals surface area contributed by atoms with Crippen LogP contribution in [0, 0.1) is 57.2 Å². The van der Waals surface area contributed by atoms with E-state index in [1.165, 1.54) is 12.5 Å². The predicted molar refractivity (Wildman–Crippen MR) is 145 cm³/mol. The Morgan fingerprint density at radius 2 is 1.54 bits per heavy atom. The summed E-state index contributed by atoms with van der Waals surface area (Å²) >= 11 is 0. The summed E-state index contributed by atoms with van der Waals surface area (Å²) in [5, 5.41) is 41.7. The number of carbonyl (C=O) groups is 1. The molecule has 0 aromatic heterocycles. The standard InChI is InChI=1S/C32H50O5/c1-18-9-15-32(28(36)37)16-11-21-20(23(32)17-18)7-8-25-30(21,5)14-12-24-29(3,4)22(10-13-31(24,25)6)27(35)26(34)19(2)33/h7,18,21-25,27,33-35H,8-17H2,1-6H3,(H,36,37)/b26-19-. The smallest absolute Gasteiger partial charge is 0.310 e. The summed E-state index contributed by atoms with van der Waals surface area (Å²) in [7, 11) is 0. The minimum Gasteiger partial charge on any atom is -0.509 e. The first-order chi connectivity index (χ1) is 17.2. The number of hydrogen-bond donors (Lipinski definition) is 4. The molecule has 0 saturated heterocycles. The van der Waals surface area contributed by atoms with Crippen LogP contribution in [0.3, 0.4) is 0 Å². The lowest BCUT2D eigenvalue weighted by molar-refractivity contribution is -0.186. The number of aliphatic hydroxyl groups excluding tert-OH is 3. The van der Waals surface area contributed by atoms with Crippen LogP contribution in [-0.4, -0.2) is 32.5 Å². The van der Waals surface area contributed by atoms with Gasteiger partial charge < -0.3 is 20.4 Å². The predicted octanol–water partition coefficient (Wildman–Crippen LogP) is 7.42. The number of allylic oxidation sites excluding steroid dienone is 3. The Morgan fingerprint density at radius 1 is 0.892 bits per heavy atom. The van der Waals surface area contributed by atoms with E-state index < -0.39 is 17.5 Å². The zero-order valence-corrected chi connectivity index (χ0v) is 23.9. The molecule has 5 heteroatoms. The Labute approximate surface area is 223 Å². The molecule has 0 amide bonds. The molecule has 5 aliphatic rings. The van der Waals surface area contributed by atoms with E-state index in [-0.39, 0.29) is 39.6 Å². The summed E-state index contributed by atoms with van der Waals surface area (Å²) in [6.45, 7) is 13.3. The van der Waals surface area contributed by atoms with E-state index in [9.17, 15) is 25.2 Å². The van der Waals surface area contributed by atoms with Crippen molar-refractivity contribution in [1.29, 1.82) is 0 Å². The number of hydrogen-bond acceptors (Lipinski definition) is 4. The zero-order valence-electron chi connectivity index (χ0n) is 23.9. The van der Waals surface area contributed by atoms with Crippen LogP contribution in [0.15, 0.2) is 23.2 Å². The number of carboxylic acids is 1. The highest BCUT2D eigenvalue weighted by molar-refractivity contribution is 5.76. The molecule has 0 aliphatic heterocycles. The summed E-state index contributed by atoms with van der Waals surface area (Å²) in [5.74, 6) is 1.07. The maximum absolute atomic E-state index is 12.7. The highest BCUT2D eigenvalue weighted by atomic mass is 16.4. The lowest BCUT2D eigenvalue weighted by atomic mass is 9.36. The van der Waals surface area contributed by atoms with Crippen molar-refractivity contribution in [2.45, 2.75) is 112 Å². The lowest BCUT2D eigenvalue weighted by Gasteiger charge is -2.68. The van der Waals surface area contributed by atoms with Gasteiger partial charge in [0.15, 0.2) is 5.76 Å². The summed E-state index contributed by atoms with van der Waals surface area (Å²) in [5.41, 5.74) is 1.05. The van der Waals surface area contributed by atoms with Gasteiger partial charge in [0, 0.05) is 0 Å². The van der Waals surface area contributed by atoms with Gasteiger partial charge in [-0.25, -0.2) is 0 Å². The van der Waals surface area contributed by atoms with Gasteiger partial charge in [-0.15, -0.1) is 0 Å². The maximum atomic E-state index is 12.7. The van der Waals surface area contributed by atoms with E-state index in [1.807, 2.05) is 0 Å². The highest BCUT2D eigenvalue weighted by Gasteiger charge is 2.66. The van der Waals surface area contributed by atoms with Gasteiger partial charge in [0.1, 0.15) is 11.9 Å². The fourth-order valence-electron chi connectivity index (χ4n) is 11.1. The van der Waals surface area contributed by atoms with Crippen LogP contribution in [0.2, 0.25) is 0 Å². The summed E-state index contributed by atoms with van der Waals surface area (Å²) in [6.07, 6.45) is 11.2. The molecule has 0 bridgehead atoms. The van der Waals surface area contributed by atoms with E-state index in [4.69, 9.17) is 0 Å². The molecule has 4 fully saturated rings. The monoisotopic (exact) mass is 514 g/mol. The molecule has 0 aromatic rings. The van der Waals surface area contributed by atoms with Gasteiger partial charge >= 0.3 is 5.97 Å². The van der Waals surface area contributed by atoms with Gasteiger partial charge in [-0.3, -0.25) is 4.79 Å². The van der Waals surface area contributed by atoms with Crippen LogP contribution in [0.5, 0.6) is 0 Å². The number of aliphatic hydroxyl groups is 3. The first-order valence-corrected chi connectivity index (χ1v) is 14.9. The van der Waals surface area contributed by atoms with Crippen molar-refractivity contribution in [3.05, 3.63) is 23.2 Å². The third-order valence-corrected chi connectivity index (χ3v) is 13.1. The first-order valence-electron chi connectivity index (χ1n) is 14.9. The molecule has 37 heavy (non-hydrogen) atoms. The molecule has 208 valence electrons. The van der Waals surface area contributed by atoms with Crippen molar-refractivity contribution in [2.75, 3.05) is 0 Å². The molecular formula is C32H50O5. The number of rotatable bonds is 3. The summed E-state index contributed by atoms with van der Waals surface area (Å²) in [4.78, 5) is 12.7. The van der Waals surface area contributed by atoms with E-state index in [0.717, 1.165) is 64.2 Å². The average Bonchev–Trinajstić information content (AvgIpc) is 2.82. The molecular weight excluding hydrogens is 464 g/mol. The van der Waals surface area contributed by atoms with Crippen LogP contribution < -0.4 is 0 Å². The second kappa shape index (κ2) is 8.76. The highest BCUT2D eigenvalue weighted by Crippen LogP contribution is 2.72. The third kappa shape index (κ3) is 3.68. The minimum atomic E-state index is -1.04. The van der Waals surface area contributed by atoms with Crippen molar-refractivity contribution >= 4 is 5.97 Å². The van der Waals surface area contributed by atoms with E-state index >= 15 is 0 Å².